The average Bonchev–Trinajstić information content (AvgIpc) is 2.65. The Kier molecular flexibility index (Phi) is 12.2. The van der Waals surface area contributed by atoms with Gasteiger partial charge in [0.15, 0.2) is 5.69 Å². The fourth-order valence-electron chi connectivity index (χ4n) is 2.92. The number of ether oxygens (including phenoxy) is 1. The molecule has 1 heterocycles. The summed E-state index contributed by atoms with van der Waals surface area (Å²) in [7, 11) is 0. The summed E-state index contributed by atoms with van der Waals surface area (Å²) in [5.41, 5.74) is -0.244. The molecule has 0 radical (unpaired) electrons. The van der Waals surface area contributed by atoms with E-state index in [0.29, 0.717) is 6.61 Å². The van der Waals surface area contributed by atoms with Crippen LogP contribution in [0.1, 0.15) is 105 Å². The summed E-state index contributed by atoms with van der Waals surface area (Å²) in [6.07, 6.45) is 16.3. The second-order valence-electron chi connectivity index (χ2n) is 6.73. The Morgan fingerprint density at radius 2 is 1.46 bits per heavy atom. The number of esters is 1. The molecule has 0 fully saturated rings. The van der Waals surface area contributed by atoms with Gasteiger partial charge in [0.25, 0.3) is 0 Å². The highest BCUT2D eigenvalue weighted by atomic mass is 16.5. The van der Waals surface area contributed by atoms with Gasteiger partial charge in [-0.25, -0.2) is 14.6 Å². The van der Waals surface area contributed by atoms with Crippen LogP contribution in [0.2, 0.25) is 0 Å². The molecule has 0 aromatic carbocycles. The molecule has 0 aliphatic carbocycles. The van der Waals surface area contributed by atoms with Gasteiger partial charge in [0, 0.05) is 6.20 Å². The van der Waals surface area contributed by atoms with Crippen molar-refractivity contribution in [2.45, 2.75) is 84.0 Å². The maximum atomic E-state index is 11.9. The van der Waals surface area contributed by atoms with Gasteiger partial charge in [-0.1, -0.05) is 77.6 Å². The lowest BCUT2D eigenvalue weighted by molar-refractivity contribution is 0.0480. The molecule has 0 amide bonds. The number of rotatable bonds is 15. The summed E-state index contributed by atoms with van der Waals surface area (Å²) in [4.78, 5) is 26.8. The topological polar surface area (TPSA) is 76.5 Å². The van der Waals surface area contributed by atoms with E-state index in [2.05, 4.69) is 11.9 Å². The molecule has 0 saturated carbocycles. The molecule has 5 heteroatoms. The van der Waals surface area contributed by atoms with E-state index < -0.39 is 11.9 Å². The third-order valence-electron chi connectivity index (χ3n) is 4.46. The summed E-state index contributed by atoms with van der Waals surface area (Å²) < 4.78 is 5.15. The van der Waals surface area contributed by atoms with Crippen LogP contribution in [0.5, 0.6) is 0 Å². The first-order valence-corrected chi connectivity index (χ1v) is 10.0. The van der Waals surface area contributed by atoms with Crippen LogP contribution in [0, 0.1) is 0 Å². The number of pyridine rings is 1. The maximum Gasteiger partial charge on any atom is 0.357 e. The highest BCUT2D eigenvalue weighted by Crippen LogP contribution is 2.12. The molecule has 26 heavy (non-hydrogen) atoms. The fraction of sp³-hybridized carbons (Fsp3) is 0.667. The van der Waals surface area contributed by atoms with Gasteiger partial charge in [-0.2, -0.15) is 0 Å². The van der Waals surface area contributed by atoms with Crippen LogP contribution in [-0.4, -0.2) is 28.6 Å². The van der Waals surface area contributed by atoms with Crippen molar-refractivity contribution in [3.05, 3.63) is 29.6 Å². The highest BCUT2D eigenvalue weighted by molar-refractivity contribution is 6.00. The Hall–Kier alpha value is -1.91. The molecule has 0 saturated heterocycles. The Morgan fingerprint density at radius 3 is 2.00 bits per heavy atom. The van der Waals surface area contributed by atoms with Gasteiger partial charge in [0.05, 0.1) is 12.2 Å². The van der Waals surface area contributed by atoms with E-state index in [1.54, 1.807) is 0 Å². The van der Waals surface area contributed by atoms with Crippen molar-refractivity contribution in [1.82, 2.24) is 4.98 Å². The second kappa shape index (κ2) is 14.3. The number of aromatic carboxylic acids is 1. The van der Waals surface area contributed by atoms with Gasteiger partial charge < -0.3 is 9.84 Å². The van der Waals surface area contributed by atoms with Gasteiger partial charge in [0.1, 0.15) is 0 Å². The molecular formula is C21H33NO4. The molecule has 0 spiro atoms. The molecule has 1 aromatic rings. The van der Waals surface area contributed by atoms with Crippen molar-refractivity contribution in [2.75, 3.05) is 6.61 Å². The minimum atomic E-state index is -1.17. The van der Waals surface area contributed by atoms with Crippen LogP contribution < -0.4 is 0 Å². The minimum Gasteiger partial charge on any atom is -0.478 e. The number of carbonyl (C=O) groups excluding carboxylic acids is 1. The van der Waals surface area contributed by atoms with Crippen molar-refractivity contribution < 1.29 is 19.4 Å². The van der Waals surface area contributed by atoms with E-state index >= 15 is 0 Å². The van der Waals surface area contributed by atoms with Crippen LogP contribution in [0.25, 0.3) is 0 Å². The molecule has 1 rings (SSSR count). The first-order valence-electron chi connectivity index (χ1n) is 10.0. The molecule has 0 atom stereocenters. The third kappa shape index (κ3) is 9.54. The molecule has 0 aliphatic heterocycles. The molecule has 5 nitrogen and oxygen atoms in total. The number of hydrogen-bond acceptors (Lipinski definition) is 4. The van der Waals surface area contributed by atoms with Gasteiger partial charge in [-0.3, -0.25) is 0 Å². The van der Waals surface area contributed by atoms with Crippen LogP contribution >= 0.6 is 0 Å². The maximum absolute atomic E-state index is 11.9. The Labute approximate surface area is 157 Å². The third-order valence-corrected chi connectivity index (χ3v) is 4.46. The predicted octanol–water partition coefficient (Wildman–Crippen LogP) is 5.64. The Bertz CT molecular complexity index is 530. The Balaban J connectivity index is 2.01. The average molecular weight is 363 g/mol. The SMILES string of the molecule is CCCCCCCCCCCCCCOC(=O)c1ncccc1C(=O)O. The van der Waals surface area contributed by atoms with Crippen molar-refractivity contribution in [1.29, 1.82) is 0 Å². The number of carboxylic acid groups (broad SMARTS) is 1. The van der Waals surface area contributed by atoms with Gasteiger partial charge >= 0.3 is 11.9 Å². The molecular weight excluding hydrogens is 330 g/mol. The highest BCUT2D eigenvalue weighted by Gasteiger charge is 2.18. The molecule has 0 unspecified atom stereocenters. The number of carboxylic acids is 1. The number of carbonyl (C=O) groups is 2. The van der Waals surface area contributed by atoms with Crippen molar-refractivity contribution in [3.63, 3.8) is 0 Å². The lowest BCUT2D eigenvalue weighted by Gasteiger charge is -2.06. The van der Waals surface area contributed by atoms with Crippen molar-refractivity contribution in [2.24, 2.45) is 0 Å². The zero-order valence-corrected chi connectivity index (χ0v) is 16.0. The second-order valence-corrected chi connectivity index (χ2v) is 6.73. The Morgan fingerprint density at radius 1 is 0.923 bits per heavy atom. The molecule has 1 aromatic heterocycles. The fourth-order valence-corrected chi connectivity index (χ4v) is 2.92. The molecule has 1 N–H and O–H groups in total. The molecule has 146 valence electrons. The van der Waals surface area contributed by atoms with E-state index in [0.717, 1.165) is 19.3 Å². The summed E-state index contributed by atoms with van der Waals surface area (Å²) >= 11 is 0. The first kappa shape index (κ1) is 22.1. The van der Waals surface area contributed by atoms with Gasteiger partial charge in [-0.05, 0) is 18.6 Å². The first-order chi connectivity index (χ1) is 12.7. The summed E-state index contributed by atoms with van der Waals surface area (Å²) in [6.45, 7) is 2.55. The molecule has 0 bridgehead atoms. The quantitative estimate of drug-likeness (QED) is 0.322. The number of aromatic nitrogens is 1. The van der Waals surface area contributed by atoms with Gasteiger partial charge in [0.2, 0.25) is 0 Å². The lowest BCUT2D eigenvalue weighted by Crippen LogP contribution is -2.14. The molecule has 0 aliphatic rings. The zero-order chi connectivity index (χ0) is 19.0. The van der Waals surface area contributed by atoms with Crippen LogP contribution in [0.15, 0.2) is 18.3 Å². The lowest BCUT2D eigenvalue weighted by atomic mass is 10.1. The summed E-state index contributed by atoms with van der Waals surface area (Å²) in [6, 6.07) is 2.85. The number of hydrogen-bond donors (Lipinski definition) is 1. The normalized spacial score (nSPS) is 10.7. The van der Waals surface area contributed by atoms with Crippen LogP contribution in [0.4, 0.5) is 0 Å². The van der Waals surface area contributed by atoms with Crippen molar-refractivity contribution >= 4 is 11.9 Å². The van der Waals surface area contributed by atoms with E-state index in [1.807, 2.05) is 0 Å². The van der Waals surface area contributed by atoms with Crippen molar-refractivity contribution in [3.8, 4) is 0 Å². The summed E-state index contributed by atoms with van der Waals surface area (Å²) in [5.74, 6) is -1.83. The smallest absolute Gasteiger partial charge is 0.357 e. The number of unbranched alkanes of at least 4 members (excludes halogenated alkanes) is 11. The zero-order valence-electron chi connectivity index (χ0n) is 16.0. The standard InChI is InChI=1S/C21H33NO4/c1-2-3-4-5-6-7-8-9-10-11-12-13-17-26-21(25)19-18(20(23)24)15-14-16-22-19/h14-16H,2-13,17H2,1H3,(H,23,24). The van der Waals surface area contributed by atoms with E-state index in [1.165, 1.54) is 76.1 Å². The van der Waals surface area contributed by atoms with Crippen LogP contribution in [-0.2, 0) is 4.74 Å². The van der Waals surface area contributed by atoms with E-state index in [-0.39, 0.29) is 11.3 Å². The summed E-state index contributed by atoms with van der Waals surface area (Å²) in [5, 5.41) is 9.05. The van der Waals surface area contributed by atoms with Gasteiger partial charge in [-0.15, -0.1) is 0 Å². The van der Waals surface area contributed by atoms with E-state index in [9.17, 15) is 9.59 Å². The monoisotopic (exact) mass is 363 g/mol. The minimum absolute atomic E-state index is 0.118. The van der Waals surface area contributed by atoms with Crippen LogP contribution in [0.3, 0.4) is 0 Å². The van der Waals surface area contributed by atoms with E-state index in [4.69, 9.17) is 9.84 Å². The largest absolute Gasteiger partial charge is 0.478 e. The number of nitrogens with zero attached hydrogens (tertiary/aromatic N) is 1. The predicted molar refractivity (Wildman–Crippen MR) is 103 cm³/mol.